The van der Waals surface area contributed by atoms with Gasteiger partial charge in [0.25, 0.3) is 5.56 Å². The normalized spacial score (nSPS) is 16.9. The number of fused-ring (bicyclic) bond motifs is 1. The van der Waals surface area contributed by atoms with Crippen LogP contribution in [0.15, 0.2) is 41.5 Å². The van der Waals surface area contributed by atoms with Crippen LogP contribution in [0.1, 0.15) is 6.42 Å². The number of aryl methyl sites for hydroxylation is 1. The molecule has 0 bridgehead atoms. The minimum Gasteiger partial charge on any atom is -0.493 e. The number of nitrogens with two attached hydrogens (primary N) is 1. The lowest BCUT2D eigenvalue weighted by Gasteiger charge is -2.16. The van der Waals surface area contributed by atoms with Gasteiger partial charge in [-0.15, -0.1) is 0 Å². The van der Waals surface area contributed by atoms with Crippen LogP contribution >= 0.6 is 30.3 Å². The second-order valence-corrected chi connectivity index (χ2v) is 8.44. The van der Waals surface area contributed by atoms with Crippen LogP contribution in [-0.4, -0.2) is 28.4 Å². The van der Waals surface area contributed by atoms with E-state index >= 15 is 0 Å². The fourth-order valence-corrected chi connectivity index (χ4v) is 4.75. The number of halogens is 1. The number of hydrogen-bond donors (Lipinski definition) is 1. The van der Waals surface area contributed by atoms with E-state index in [-0.39, 0.29) is 5.56 Å². The van der Waals surface area contributed by atoms with Crippen molar-refractivity contribution in [3.8, 4) is 16.9 Å². The third kappa shape index (κ3) is 3.57. The largest absolute Gasteiger partial charge is 0.493 e. The number of hydrogen-bond acceptors (Lipinski definition) is 5. The standard InChI is InChI=1S/C19H20IN3O3S/c1-22-9-16(14-4-6-23(27-20)18(14)19(22)24)15-8-13(21)2-3-17(15)26-11-12-5-7-25-10-12/h2-4,6,8-9,12H,5,7,10-11,21H2,1H3. The summed E-state index contributed by atoms with van der Waals surface area (Å²) in [6.45, 7) is 2.14. The average molecular weight is 497 g/mol. The first-order valence-corrected chi connectivity index (χ1v) is 12.0. The van der Waals surface area contributed by atoms with Gasteiger partial charge in [-0.3, -0.25) is 8.77 Å². The highest BCUT2D eigenvalue weighted by Gasteiger charge is 2.19. The van der Waals surface area contributed by atoms with Crippen LogP contribution in [0, 0.1) is 5.92 Å². The van der Waals surface area contributed by atoms with Gasteiger partial charge in [0.15, 0.2) is 0 Å². The van der Waals surface area contributed by atoms with Crippen LogP contribution in [-0.2, 0) is 11.8 Å². The summed E-state index contributed by atoms with van der Waals surface area (Å²) in [5, 5.41) is 0.891. The summed E-state index contributed by atoms with van der Waals surface area (Å²) >= 11 is 2.17. The predicted octanol–water partition coefficient (Wildman–Crippen LogP) is 3.85. The van der Waals surface area contributed by atoms with E-state index in [1.807, 2.05) is 40.6 Å². The van der Waals surface area contributed by atoms with Gasteiger partial charge in [0.05, 0.1) is 13.2 Å². The zero-order chi connectivity index (χ0) is 19.0. The van der Waals surface area contributed by atoms with Crippen molar-refractivity contribution in [3.63, 3.8) is 0 Å². The van der Waals surface area contributed by atoms with E-state index in [0.717, 1.165) is 41.9 Å². The monoisotopic (exact) mass is 497 g/mol. The van der Waals surface area contributed by atoms with Gasteiger partial charge < -0.3 is 19.8 Å². The van der Waals surface area contributed by atoms with Gasteiger partial charge >= 0.3 is 0 Å². The summed E-state index contributed by atoms with van der Waals surface area (Å²) < 4.78 is 15.1. The number of rotatable bonds is 5. The van der Waals surface area contributed by atoms with Crippen LogP contribution in [0.3, 0.4) is 0 Å². The minimum absolute atomic E-state index is 0.0302. The van der Waals surface area contributed by atoms with Crippen molar-refractivity contribution in [2.75, 3.05) is 25.6 Å². The highest BCUT2D eigenvalue weighted by molar-refractivity contribution is 14.2. The molecule has 8 heteroatoms. The molecule has 1 saturated heterocycles. The summed E-state index contributed by atoms with van der Waals surface area (Å²) in [6, 6.07) is 7.63. The molecular weight excluding hydrogens is 477 g/mol. The third-order valence-electron chi connectivity index (χ3n) is 4.85. The van der Waals surface area contributed by atoms with Crippen molar-refractivity contribution in [1.29, 1.82) is 0 Å². The highest BCUT2D eigenvalue weighted by atomic mass is 127. The van der Waals surface area contributed by atoms with Crippen LogP contribution in [0.25, 0.3) is 22.0 Å². The lowest BCUT2D eigenvalue weighted by Crippen LogP contribution is -2.18. The van der Waals surface area contributed by atoms with Crippen molar-refractivity contribution >= 4 is 46.9 Å². The maximum Gasteiger partial charge on any atom is 0.275 e. The summed E-state index contributed by atoms with van der Waals surface area (Å²) in [4.78, 5) is 12.7. The van der Waals surface area contributed by atoms with Crippen LogP contribution < -0.4 is 16.0 Å². The SMILES string of the molecule is Cn1cc(-c2cc(N)ccc2OCC2CCOC2)c2ccn(SI)c2c1=O. The Labute approximate surface area is 173 Å². The van der Waals surface area contributed by atoms with Gasteiger partial charge in [0.1, 0.15) is 11.3 Å². The molecular formula is C19H20IN3O3S. The molecule has 2 aromatic heterocycles. The van der Waals surface area contributed by atoms with Gasteiger partial charge in [-0.1, -0.05) is 0 Å². The maximum absolute atomic E-state index is 12.7. The Morgan fingerprint density at radius 1 is 1.37 bits per heavy atom. The molecule has 2 N–H and O–H groups in total. The van der Waals surface area contributed by atoms with E-state index in [9.17, 15) is 4.79 Å². The first-order valence-electron chi connectivity index (χ1n) is 8.68. The molecule has 1 aromatic carbocycles. The Kier molecular flexibility index (Phi) is 5.38. The van der Waals surface area contributed by atoms with E-state index in [1.54, 1.807) is 11.6 Å². The summed E-state index contributed by atoms with van der Waals surface area (Å²) in [5.74, 6) is 1.18. The Bertz CT molecular complexity index is 1040. The molecule has 1 unspecified atom stereocenters. The fraction of sp³-hybridized carbons (Fsp3) is 0.316. The number of anilines is 1. The molecule has 4 rings (SSSR count). The molecule has 0 radical (unpaired) electrons. The molecule has 1 aliphatic heterocycles. The molecule has 27 heavy (non-hydrogen) atoms. The van der Waals surface area contributed by atoms with Crippen molar-refractivity contribution < 1.29 is 9.47 Å². The molecule has 1 fully saturated rings. The third-order valence-corrected chi connectivity index (χ3v) is 6.58. The average Bonchev–Trinajstić information content (AvgIpc) is 3.33. The number of aromatic nitrogens is 2. The Hall–Kier alpha value is -1.65. The molecule has 3 aromatic rings. The first-order chi connectivity index (χ1) is 13.1. The molecule has 0 saturated carbocycles. The summed E-state index contributed by atoms with van der Waals surface area (Å²) in [5.41, 5.74) is 9.19. The van der Waals surface area contributed by atoms with Gasteiger partial charge in [-0.05, 0) is 30.7 Å². The van der Waals surface area contributed by atoms with E-state index < -0.39 is 0 Å². The maximum atomic E-state index is 12.7. The van der Waals surface area contributed by atoms with Crippen molar-refractivity contribution in [2.24, 2.45) is 13.0 Å². The topological polar surface area (TPSA) is 71.4 Å². The van der Waals surface area contributed by atoms with E-state index in [2.05, 4.69) is 21.2 Å². The number of benzene rings is 1. The Morgan fingerprint density at radius 2 is 2.22 bits per heavy atom. The smallest absolute Gasteiger partial charge is 0.275 e. The Morgan fingerprint density at radius 3 is 2.96 bits per heavy atom. The predicted molar refractivity (Wildman–Crippen MR) is 118 cm³/mol. The number of nitrogen functional groups attached to an aromatic ring is 1. The van der Waals surface area contributed by atoms with Gasteiger partial charge in [-0.2, -0.15) is 0 Å². The summed E-state index contributed by atoms with van der Waals surface area (Å²) in [6.07, 6.45) is 4.78. The number of pyridine rings is 1. The zero-order valence-electron chi connectivity index (χ0n) is 14.9. The second kappa shape index (κ2) is 7.76. The molecule has 1 atom stereocenters. The quantitative estimate of drug-likeness (QED) is 0.429. The fourth-order valence-electron chi connectivity index (χ4n) is 3.41. The van der Waals surface area contributed by atoms with Crippen molar-refractivity contribution in [1.82, 2.24) is 8.54 Å². The van der Waals surface area contributed by atoms with E-state index in [0.29, 0.717) is 23.7 Å². The number of ether oxygens (including phenoxy) is 2. The van der Waals surface area contributed by atoms with Gasteiger partial charge in [0.2, 0.25) is 0 Å². The number of nitrogens with zero attached hydrogens (tertiary/aromatic N) is 2. The zero-order valence-corrected chi connectivity index (χ0v) is 17.8. The van der Waals surface area contributed by atoms with Crippen molar-refractivity contribution in [3.05, 3.63) is 47.0 Å². The van der Waals surface area contributed by atoms with E-state index in [4.69, 9.17) is 15.2 Å². The lowest BCUT2D eigenvalue weighted by molar-refractivity contribution is 0.167. The molecule has 3 heterocycles. The second-order valence-electron chi connectivity index (χ2n) is 6.73. The molecule has 6 nitrogen and oxygen atoms in total. The van der Waals surface area contributed by atoms with Crippen LogP contribution in [0.4, 0.5) is 5.69 Å². The van der Waals surface area contributed by atoms with Gasteiger partial charge in [-0.25, -0.2) is 0 Å². The van der Waals surface area contributed by atoms with E-state index in [1.165, 1.54) is 9.12 Å². The summed E-state index contributed by atoms with van der Waals surface area (Å²) in [7, 11) is 3.24. The molecule has 142 valence electrons. The molecule has 1 aliphatic rings. The lowest BCUT2D eigenvalue weighted by atomic mass is 10.0. The molecule has 0 aliphatic carbocycles. The first kappa shape index (κ1) is 18.7. The minimum atomic E-state index is -0.0302. The van der Waals surface area contributed by atoms with Crippen LogP contribution in [0.2, 0.25) is 0 Å². The highest BCUT2D eigenvalue weighted by Crippen LogP contribution is 2.37. The van der Waals surface area contributed by atoms with Gasteiger partial charge in [0, 0.05) is 84.5 Å². The van der Waals surface area contributed by atoms with Crippen LogP contribution in [0.5, 0.6) is 5.75 Å². The Balaban J connectivity index is 1.83. The molecule has 0 spiro atoms. The van der Waals surface area contributed by atoms with Crippen molar-refractivity contribution in [2.45, 2.75) is 6.42 Å². The molecule has 0 amide bonds.